The molecule has 0 amide bonds. The monoisotopic (exact) mass is 178 g/mol. The maximum absolute atomic E-state index is 10.6. The van der Waals surface area contributed by atoms with Gasteiger partial charge < -0.3 is 9.29 Å². The highest BCUT2D eigenvalue weighted by atomic mass is 32.2. The minimum Gasteiger partial charge on any atom is -0.420 e. The van der Waals surface area contributed by atoms with Gasteiger partial charge in [0.15, 0.2) is 5.55 Å². The van der Waals surface area contributed by atoms with Crippen LogP contribution in [0.5, 0.6) is 0 Å². The predicted molar refractivity (Wildman–Crippen MR) is 43.7 cm³/mol. The van der Waals surface area contributed by atoms with Gasteiger partial charge in [-0.25, -0.2) is 9.00 Å². The van der Waals surface area contributed by atoms with Gasteiger partial charge in [-0.2, -0.15) is 0 Å². The largest absolute Gasteiger partial charge is 0.420 e. The van der Waals surface area contributed by atoms with Crippen molar-refractivity contribution in [3.05, 3.63) is 12.2 Å². The summed E-state index contributed by atoms with van der Waals surface area (Å²) in [6, 6.07) is 0. The summed E-state index contributed by atoms with van der Waals surface area (Å²) < 4.78 is 23.4. The van der Waals surface area contributed by atoms with E-state index in [-0.39, 0.29) is 5.57 Å². The number of hydrogen-bond acceptors (Lipinski definition) is 3. The molecule has 0 fully saturated rings. The first-order chi connectivity index (χ1) is 4.83. The summed E-state index contributed by atoms with van der Waals surface area (Å²) in [5.41, 5.74) is 0.786. The standard InChI is InChI=1S/C6H10O4S/c1-5(2)6(7)10-4-11(3,8)9/h4H,1H2,2-3H3,(H,8,9). The Morgan fingerprint density at radius 2 is 2.18 bits per heavy atom. The number of carbonyl (C=O) groups excluding carboxylic acids is 1. The molecule has 0 saturated heterocycles. The Hall–Kier alpha value is -0.810. The molecule has 1 N–H and O–H groups in total. The lowest BCUT2D eigenvalue weighted by molar-refractivity contribution is -0.130. The molecular formula is C6H10O4S. The number of rotatable bonds is 2. The SMILES string of the molecule is C=C(C)C(=O)OC=S(C)(=O)O. The molecule has 0 aromatic heterocycles. The third-order valence-electron chi connectivity index (χ3n) is 0.682. The Morgan fingerprint density at radius 1 is 1.73 bits per heavy atom. The number of carbonyl (C=O) groups is 1. The van der Waals surface area contributed by atoms with Crippen molar-refractivity contribution in [2.75, 3.05) is 6.26 Å². The second-order valence-corrected chi connectivity index (χ2v) is 4.06. The fourth-order valence-corrected chi connectivity index (χ4v) is 0.499. The molecule has 0 saturated carbocycles. The fraction of sp³-hybridized carbons (Fsp3) is 0.333. The van der Waals surface area contributed by atoms with Crippen LogP contribution in [0.1, 0.15) is 6.92 Å². The molecule has 1 atom stereocenters. The minimum atomic E-state index is -3.11. The molecule has 64 valence electrons. The maximum atomic E-state index is 10.6. The van der Waals surface area contributed by atoms with Gasteiger partial charge in [0, 0.05) is 11.8 Å². The molecule has 0 spiro atoms. The Kier molecular flexibility index (Phi) is 3.28. The normalized spacial score (nSPS) is 14.8. The first kappa shape index (κ1) is 10.2. The lowest BCUT2D eigenvalue weighted by Gasteiger charge is -1.97. The molecule has 11 heavy (non-hydrogen) atoms. The van der Waals surface area contributed by atoms with Crippen LogP contribution in [0.25, 0.3) is 0 Å². The highest BCUT2D eigenvalue weighted by Gasteiger charge is 2.01. The van der Waals surface area contributed by atoms with Gasteiger partial charge >= 0.3 is 5.97 Å². The van der Waals surface area contributed by atoms with Crippen molar-refractivity contribution in [3.8, 4) is 0 Å². The lowest BCUT2D eigenvalue weighted by Crippen LogP contribution is -2.08. The van der Waals surface area contributed by atoms with E-state index < -0.39 is 15.8 Å². The molecule has 0 aliphatic heterocycles. The van der Waals surface area contributed by atoms with Gasteiger partial charge in [-0.1, -0.05) is 6.58 Å². The van der Waals surface area contributed by atoms with Gasteiger partial charge in [-0.05, 0) is 6.92 Å². The summed E-state index contributed by atoms with van der Waals surface area (Å²) in [4.78, 5) is 10.6. The topological polar surface area (TPSA) is 63.6 Å². The Balaban J connectivity index is 4.23. The van der Waals surface area contributed by atoms with E-state index in [2.05, 4.69) is 11.3 Å². The Bertz CT molecular complexity index is 275. The molecule has 0 rings (SSSR count). The van der Waals surface area contributed by atoms with Crippen molar-refractivity contribution in [2.45, 2.75) is 6.92 Å². The van der Waals surface area contributed by atoms with Crippen LogP contribution in [0.2, 0.25) is 0 Å². The molecule has 0 aliphatic rings. The fourth-order valence-electron chi connectivity index (χ4n) is 0.234. The van der Waals surface area contributed by atoms with Crippen LogP contribution in [0.15, 0.2) is 12.2 Å². The van der Waals surface area contributed by atoms with Crippen LogP contribution in [-0.4, -0.2) is 26.5 Å². The summed E-state index contributed by atoms with van der Waals surface area (Å²) in [6.45, 7) is 4.74. The molecule has 0 aromatic rings. The molecular weight excluding hydrogens is 168 g/mol. The van der Waals surface area contributed by atoms with Crippen molar-refractivity contribution in [1.82, 2.24) is 0 Å². The van der Waals surface area contributed by atoms with E-state index in [9.17, 15) is 9.00 Å². The zero-order valence-electron chi connectivity index (χ0n) is 6.36. The van der Waals surface area contributed by atoms with E-state index in [1.165, 1.54) is 6.92 Å². The first-order valence-corrected chi connectivity index (χ1v) is 4.73. The number of ether oxygens (including phenoxy) is 1. The van der Waals surface area contributed by atoms with E-state index in [1.54, 1.807) is 0 Å². The van der Waals surface area contributed by atoms with Gasteiger partial charge in [0.1, 0.15) is 9.80 Å². The average molecular weight is 178 g/mol. The van der Waals surface area contributed by atoms with Gasteiger partial charge in [0.05, 0.1) is 0 Å². The molecule has 0 aliphatic carbocycles. The predicted octanol–water partition coefficient (Wildman–Crippen LogP) is 0.253. The highest BCUT2D eigenvalue weighted by Crippen LogP contribution is 1.90. The Morgan fingerprint density at radius 3 is 2.45 bits per heavy atom. The highest BCUT2D eigenvalue weighted by molar-refractivity contribution is 7.95. The summed E-state index contributed by atoms with van der Waals surface area (Å²) in [5.74, 6) is -0.700. The summed E-state index contributed by atoms with van der Waals surface area (Å²) in [6.07, 6.45) is 1.04. The summed E-state index contributed by atoms with van der Waals surface area (Å²) in [5, 5.41) is 0. The van der Waals surface area contributed by atoms with Gasteiger partial charge in [-0.15, -0.1) is 0 Å². The van der Waals surface area contributed by atoms with E-state index >= 15 is 0 Å². The second kappa shape index (κ2) is 3.54. The van der Waals surface area contributed by atoms with Crippen LogP contribution in [0, 0.1) is 0 Å². The minimum absolute atomic E-state index is 0.185. The molecule has 1 unspecified atom stereocenters. The van der Waals surface area contributed by atoms with Crippen molar-refractivity contribution >= 4 is 21.3 Å². The van der Waals surface area contributed by atoms with E-state index in [0.717, 1.165) is 6.26 Å². The van der Waals surface area contributed by atoms with Crippen molar-refractivity contribution in [2.24, 2.45) is 0 Å². The van der Waals surface area contributed by atoms with Gasteiger partial charge in [0.2, 0.25) is 0 Å². The lowest BCUT2D eigenvalue weighted by atomic mass is 10.4. The van der Waals surface area contributed by atoms with Gasteiger partial charge in [0.25, 0.3) is 0 Å². The molecule has 0 aromatic carbocycles. The van der Waals surface area contributed by atoms with Gasteiger partial charge in [-0.3, -0.25) is 0 Å². The van der Waals surface area contributed by atoms with Crippen molar-refractivity contribution < 1.29 is 18.3 Å². The molecule has 0 heterocycles. The summed E-state index contributed by atoms with van der Waals surface area (Å²) in [7, 11) is -3.11. The zero-order valence-corrected chi connectivity index (χ0v) is 7.18. The maximum Gasteiger partial charge on any atom is 0.338 e. The third-order valence-corrected chi connectivity index (χ3v) is 1.14. The van der Waals surface area contributed by atoms with Crippen LogP contribution in [0.4, 0.5) is 0 Å². The zero-order chi connectivity index (χ0) is 9.07. The number of hydrogen-bond donors (Lipinski definition) is 1. The van der Waals surface area contributed by atoms with Crippen LogP contribution < -0.4 is 0 Å². The van der Waals surface area contributed by atoms with Crippen LogP contribution in [0.3, 0.4) is 0 Å². The quantitative estimate of drug-likeness (QED) is 0.374. The van der Waals surface area contributed by atoms with E-state index in [0.29, 0.717) is 5.55 Å². The Labute approximate surface area is 65.7 Å². The molecule has 0 radical (unpaired) electrons. The first-order valence-electron chi connectivity index (χ1n) is 2.74. The molecule has 5 heteroatoms. The molecule has 0 bridgehead atoms. The average Bonchev–Trinajstić information content (AvgIpc) is 1.80. The van der Waals surface area contributed by atoms with E-state index in [1.807, 2.05) is 0 Å². The number of esters is 1. The van der Waals surface area contributed by atoms with Crippen LogP contribution in [-0.2, 0) is 19.3 Å². The van der Waals surface area contributed by atoms with Crippen molar-refractivity contribution in [3.63, 3.8) is 0 Å². The summed E-state index contributed by atoms with van der Waals surface area (Å²) >= 11 is 0. The van der Waals surface area contributed by atoms with Crippen LogP contribution >= 0.6 is 0 Å². The smallest absolute Gasteiger partial charge is 0.338 e. The molecule has 4 nitrogen and oxygen atoms in total. The van der Waals surface area contributed by atoms with Crippen molar-refractivity contribution in [1.29, 1.82) is 0 Å². The van der Waals surface area contributed by atoms with E-state index in [4.69, 9.17) is 4.55 Å². The third kappa shape index (κ3) is 5.63. The second-order valence-electron chi connectivity index (χ2n) is 2.14.